The minimum Gasteiger partial charge on any atom is -0.496 e. The van der Waals surface area contributed by atoms with Crippen molar-refractivity contribution in [3.8, 4) is 0 Å². The molecule has 4 nitrogen and oxygen atoms in total. The Kier molecular flexibility index (Phi) is 11.2. The van der Waals surface area contributed by atoms with Crippen LogP contribution in [0.25, 0.3) is 0 Å². The molecule has 0 bridgehead atoms. The summed E-state index contributed by atoms with van der Waals surface area (Å²) in [6.45, 7) is 8.46. The van der Waals surface area contributed by atoms with E-state index in [1.165, 1.54) is 0 Å². The van der Waals surface area contributed by atoms with Crippen LogP contribution in [0.3, 0.4) is 0 Å². The molecule has 0 unspecified atom stereocenters. The van der Waals surface area contributed by atoms with Crippen molar-refractivity contribution in [1.29, 1.82) is 0 Å². The third-order valence-corrected chi connectivity index (χ3v) is 1.41. The van der Waals surface area contributed by atoms with Gasteiger partial charge in [-0.3, -0.25) is 0 Å². The molecule has 0 spiro atoms. The van der Waals surface area contributed by atoms with Crippen LogP contribution in [0.5, 0.6) is 0 Å². The number of nitrogens with two attached hydrogens (primary N) is 2. The predicted molar refractivity (Wildman–Crippen MR) is 65.2 cm³/mol. The number of hydrogen-bond acceptors (Lipinski definition) is 4. The van der Waals surface area contributed by atoms with Gasteiger partial charge in [-0.1, -0.05) is 18.0 Å². The maximum absolute atomic E-state index is 10.4. The molecular weight excluding hydrogens is 293 g/mol. The Morgan fingerprint density at radius 3 is 2.12 bits per heavy atom. The standard InChI is InChI=1S/C6H7N2.C6H9O2.Y/c7-5-2-1-3-6(8)4-5;1-4-8-6(7)5(2)3;/h2-4H,7-8H2;1-2,4H2,3H3;/q2*-1;. The van der Waals surface area contributed by atoms with Crippen LogP contribution in [0, 0.1) is 13.0 Å². The van der Waals surface area contributed by atoms with E-state index in [-0.39, 0.29) is 45.3 Å². The molecule has 1 rings (SSSR count). The van der Waals surface area contributed by atoms with Crippen LogP contribution in [-0.4, -0.2) is 12.6 Å². The first-order chi connectivity index (χ1) is 7.47. The zero-order chi connectivity index (χ0) is 12.6. The number of anilines is 2. The van der Waals surface area contributed by atoms with E-state index in [1.807, 2.05) is 0 Å². The van der Waals surface area contributed by atoms with E-state index < -0.39 is 0 Å². The molecular formula is C12H16N2O2Y-2. The molecule has 0 atom stereocenters. The molecule has 0 aliphatic carbocycles. The zero-order valence-corrected chi connectivity index (χ0v) is 12.7. The number of ether oxygens (including phenoxy) is 1. The number of carbonyl (C=O) groups is 1. The van der Waals surface area contributed by atoms with Crippen molar-refractivity contribution < 1.29 is 42.2 Å². The smallest absolute Gasteiger partial charge is 0.330 e. The molecule has 17 heavy (non-hydrogen) atoms. The summed E-state index contributed by atoms with van der Waals surface area (Å²) in [5.41, 5.74) is 12.4. The van der Waals surface area contributed by atoms with Crippen LogP contribution in [0.1, 0.15) is 6.92 Å². The maximum Gasteiger partial charge on any atom is 0.330 e. The van der Waals surface area contributed by atoms with Crippen molar-refractivity contribution in [1.82, 2.24) is 0 Å². The van der Waals surface area contributed by atoms with Crippen LogP contribution in [0.2, 0.25) is 0 Å². The minimum absolute atomic E-state index is 0. The maximum atomic E-state index is 10.4. The second-order valence-electron chi connectivity index (χ2n) is 3.02. The normalized spacial score (nSPS) is 8.12. The van der Waals surface area contributed by atoms with Gasteiger partial charge in [0.1, 0.15) is 0 Å². The molecule has 0 fully saturated rings. The quantitative estimate of drug-likeness (QED) is 0.376. The van der Waals surface area contributed by atoms with E-state index in [9.17, 15) is 4.79 Å². The van der Waals surface area contributed by atoms with E-state index in [0.717, 1.165) is 0 Å². The Balaban J connectivity index is 0. The summed E-state index contributed by atoms with van der Waals surface area (Å²) in [5, 5.41) is 0. The SMILES string of the molecule is C=C(C)C(=O)OC[CH2-].Nc1c[c-]cc(N)c1.[Y]. The van der Waals surface area contributed by atoms with Crippen molar-refractivity contribution in [2.45, 2.75) is 6.92 Å². The molecule has 0 heterocycles. The molecule has 1 aromatic carbocycles. The van der Waals surface area contributed by atoms with Crippen LogP contribution >= 0.6 is 0 Å². The number of esters is 1. The summed E-state index contributed by atoms with van der Waals surface area (Å²) in [6, 6.07) is 7.82. The van der Waals surface area contributed by atoms with Crippen LogP contribution < -0.4 is 11.5 Å². The number of carbonyl (C=O) groups excluding carboxylic acids is 1. The second-order valence-corrected chi connectivity index (χ2v) is 3.02. The average Bonchev–Trinajstić information content (AvgIpc) is 2.18. The molecule has 0 saturated heterocycles. The average molecular weight is 309 g/mol. The molecule has 91 valence electrons. The minimum atomic E-state index is -0.375. The van der Waals surface area contributed by atoms with Crippen LogP contribution in [0.4, 0.5) is 11.4 Å². The molecule has 0 saturated carbocycles. The van der Waals surface area contributed by atoms with E-state index in [4.69, 9.17) is 11.5 Å². The molecule has 0 amide bonds. The summed E-state index contributed by atoms with van der Waals surface area (Å²) in [5.74, 6) is -0.375. The van der Waals surface area contributed by atoms with E-state index in [0.29, 0.717) is 16.9 Å². The molecule has 4 N–H and O–H groups in total. The molecule has 0 aromatic heterocycles. The Hall–Kier alpha value is -0.866. The van der Waals surface area contributed by atoms with Gasteiger partial charge in [0.05, 0.1) is 0 Å². The Morgan fingerprint density at radius 1 is 1.47 bits per heavy atom. The van der Waals surface area contributed by atoms with Gasteiger partial charge in [0.15, 0.2) is 0 Å². The fourth-order valence-corrected chi connectivity index (χ4v) is 0.726. The van der Waals surface area contributed by atoms with Gasteiger partial charge in [-0.25, -0.2) is 4.79 Å². The van der Waals surface area contributed by atoms with Gasteiger partial charge in [0, 0.05) is 38.3 Å². The van der Waals surface area contributed by atoms with Gasteiger partial charge in [0.25, 0.3) is 0 Å². The van der Waals surface area contributed by atoms with Crippen molar-refractivity contribution >= 4 is 17.3 Å². The summed E-state index contributed by atoms with van der Waals surface area (Å²) >= 11 is 0. The summed E-state index contributed by atoms with van der Waals surface area (Å²) in [7, 11) is 0. The summed E-state index contributed by atoms with van der Waals surface area (Å²) in [4.78, 5) is 10.4. The monoisotopic (exact) mass is 309 g/mol. The van der Waals surface area contributed by atoms with Gasteiger partial charge < -0.3 is 23.1 Å². The van der Waals surface area contributed by atoms with Crippen LogP contribution in [0.15, 0.2) is 30.4 Å². The van der Waals surface area contributed by atoms with Gasteiger partial charge in [-0.15, -0.1) is 6.07 Å². The number of nitrogen functional groups attached to an aromatic ring is 2. The molecule has 1 aromatic rings. The van der Waals surface area contributed by atoms with E-state index in [1.54, 1.807) is 25.1 Å². The third kappa shape index (κ3) is 10.0. The summed E-state index contributed by atoms with van der Waals surface area (Å²) in [6.07, 6.45) is 0. The summed E-state index contributed by atoms with van der Waals surface area (Å²) < 4.78 is 4.45. The van der Waals surface area contributed by atoms with Gasteiger partial charge >= 0.3 is 5.97 Å². The Labute approximate surface area is 127 Å². The molecule has 1 radical (unpaired) electrons. The van der Waals surface area contributed by atoms with Gasteiger partial charge in [0.2, 0.25) is 0 Å². The number of benzene rings is 1. The zero-order valence-electron chi connectivity index (χ0n) is 9.90. The topological polar surface area (TPSA) is 78.3 Å². The van der Waals surface area contributed by atoms with Crippen molar-refractivity contribution in [3.63, 3.8) is 0 Å². The second kappa shape index (κ2) is 10.3. The Morgan fingerprint density at radius 2 is 1.94 bits per heavy atom. The van der Waals surface area contributed by atoms with Crippen molar-refractivity contribution in [2.75, 3.05) is 18.1 Å². The first kappa shape index (κ1) is 18.5. The van der Waals surface area contributed by atoms with E-state index >= 15 is 0 Å². The fraction of sp³-hybridized carbons (Fsp3) is 0.167. The third-order valence-electron chi connectivity index (χ3n) is 1.41. The fourth-order valence-electron chi connectivity index (χ4n) is 0.726. The van der Waals surface area contributed by atoms with Crippen LogP contribution in [-0.2, 0) is 42.2 Å². The van der Waals surface area contributed by atoms with Crippen molar-refractivity contribution in [3.05, 3.63) is 43.3 Å². The number of hydrogen-bond donors (Lipinski definition) is 2. The predicted octanol–water partition coefficient (Wildman–Crippen LogP) is 1.59. The Bertz CT molecular complexity index is 350. The van der Waals surface area contributed by atoms with Gasteiger partial charge in [-0.2, -0.15) is 18.2 Å². The van der Waals surface area contributed by atoms with Crippen molar-refractivity contribution in [2.24, 2.45) is 0 Å². The molecule has 0 aliphatic heterocycles. The molecule has 0 aliphatic rings. The molecule has 5 heteroatoms. The van der Waals surface area contributed by atoms with Gasteiger partial charge in [-0.05, 0) is 13.5 Å². The first-order valence-corrected chi connectivity index (χ1v) is 4.61. The van der Waals surface area contributed by atoms with E-state index in [2.05, 4.69) is 24.3 Å². The largest absolute Gasteiger partial charge is 0.496 e. The first-order valence-electron chi connectivity index (χ1n) is 4.61. The number of rotatable bonds is 2.